The fourth-order valence-electron chi connectivity index (χ4n) is 17.8. The van der Waals surface area contributed by atoms with E-state index in [4.69, 9.17) is 23.2 Å². The first-order valence-electron chi connectivity index (χ1n) is 41.9. The number of carbonyl (C=O) groups is 3. The minimum Gasteiger partial charge on any atom is -0.307 e. The number of hydrogen-bond acceptors (Lipinski definition) is 12. The van der Waals surface area contributed by atoms with Gasteiger partial charge in [0, 0.05) is 142 Å². The molecule has 3 fully saturated rings. The Labute approximate surface area is 742 Å². The minimum atomic E-state index is -0.242. The maximum atomic E-state index is 13.9. The molecule has 0 bridgehead atoms. The van der Waals surface area contributed by atoms with Gasteiger partial charge in [0.05, 0.1) is 0 Å². The quantitative estimate of drug-likeness (QED) is 0.0763. The van der Waals surface area contributed by atoms with Crippen molar-refractivity contribution < 1.29 is 27.6 Å². The molecule has 0 radical (unpaired) electrons. The van der Waals surface area contributed by atoms with Gasteiger partial charge in [-0.1, -0.05) is 174 Å². The zero-order valence-electron chi connectivity index (χ0n) is 69.3. The number of halogens is 5. The summed E-state index contributed by atoms with van der Waals surface area (Å²) >= 11 is 17.2. The first-order valence-corrected chi connectivity index (χ1v) is 45.1. The Bertz CT molecular complexity index is 5880. The van der Waals surface area contributed by atoms with Crippen LogP contribution in [0.1, 0.15) is 125 Å². The number of nitrogens with zero attached hydrogens (tertiary/aromatic N) is 9. The summed E-state index contributed by atoms with van der Waals surface area (Å²) in [6.07, 6.45) is 22.4. The number of rotatable bonds is 18. The van der Waals surface area contributed by atoms with Crippen molar-refractivity contribution in [3.63, 3.8) is 0 Å². The van der Waals surface area contributed by atoms with Gasteiger partial charge in [-0.05, 0) is 314 Å². The molecule has 0 saturated carbocycles. The van der Waals surface area contributed by atoms with E-state index >= 15 is 0 Å². The number of piperidine rings is 3. The predicted molar refractivity (Wildman–Crippen MR) is 496 cm³/mol. The SMILES string of the molecule is Cc1cc(C(=O)N2CC3(CCN(C/C=C/c4ccccc4)CC3)c3cc(Sc4ccc(F)cc4)ccc32)cc(Cl)n1.Cc1cc(C(=O)N2CC3(CCN(C/C=C/c4ccccc4)CC3)c3cc(Sc4ccc(F)cc4)ccc32)ccn1.Cc1ccc(/C=C/CN2CCC3(CC2)CN(C(=O)c2ccnc(Cl)c2)c2ccc(Sc4ccc(F)cc4)cc23)cc1C. The lowest BCUT2D eigenvalue weighted by Crippen LogP contribution is -2.46. The second-order valence-corrected chi connectivity index (χ2v) is 37.1. The average molecular weight is 1730 g/mol. The fraction of sp³-hybridized carbons (Fsp3) is 0.243. The van der Waals surface area contributed by atoms with Crippen molar-refractivity contribution in [1.29, 1.82) is 0 Å². The summed E-state index contributed by atoms with van der Waals surface area (Å²) in [5.74, 6) is -0.807. The highest BCUT2D eigenvalue weighted by Gasteiger charge is 2.50. The van der Waals surface area contributed by atoms with E-state index in [0.29, 0.717) is 46.6 Å². The monoisotopic (exact) mass is 1730 g/mol. The Morgan fingerprint density at radius 3 is 1.08 bits per heavy atom. The van der Waals surface area contributed by atoms with Gasteiger partial charge >= 0.3 is 0 Å². The summed E-state index contributed by atoms with van der Waals surface area (Å²) < 4.78 is 40.4. The number of fused-ring (bicyclic) bond motifs is 6. The molecule has 6 aliphatic rings. The molecule has 12 nitrogen and oxygen atoms in total. The molecule has 3 spiro atoms. The van der Waals surface area contributed by atoms with Crippen LogP contribution in [0.3, 0.4) is 0 Å². The van der Waals surface area contributed by atoms with Crippen molar-refractivity contribution in [2.24, 2.45) is 0 Å². The van der Waals surface area contributed by atoms with Crippen molar-refractivity contribution in [2.75, 3.05) is 93.2 Å². The lowest BCUT2D eigenvalue weighted by molar-refractivity contribution is 0.0970. The number of anilines is 3. The number of aryl methyl sites for hydroxylation is 4. The molecule has 6 aliphatic heterocycles. The van der Waals surface area contributed by atoms with Crippen LogP contribution in [0.4, 0.5) is 30.2 Å². The van der Waals surface area contributed by atoms with Gasteiger partial charge in [0.1, 0.15) is 27.8 Å². The normalized spacial score (nSPS) is 16.4. The largest absolute Gasteiger partial charge is 0.307 e. The van der Waals surface area contributed by atoms with Gasteiger partial charge < -0.3 is 14.7 Å². The Balaban J connectivity index is 0.000000137. The van der Waals surface area contributed by atoms with Crippen molar-refractivity contribution in [3.8, 4) is 0 Å². The zero-order valence-corrected chi connectivity index (χ0v) is 73.3. The highest BCUT2D eigenvalue weighted by molar-refractivity contribution is 7.99. The smallest absolute Gasteiger partial charge is 0.258 e. The highest BCUT2D eigenvalue weighted by atomic mass is 35.5. The summed E-state index contributed by atoms with van der Waals surface area (Å²) in [5.41, 5.74) is 15.8. The lowest BCUT2D eigenvalue weighted by Gasteiger charge is -2.39. The van der Waals surface area contributed by atoms with E-state index in [1.54, 1.807) is 102 Å². The molecule has 3 amide bonds. The number of carbonyl (C=O) groups excluding carboxylic acids is 3. The van der Waals surface area contributed by atoms with Gasteiger partial charge in [-0.15, -0.1) is 0 Å². The van der Waals surface area contributed by atoms with Crippen LogP contribution in [0.5, 0.6) is 0 Å². The standard InChI is InChI=1S/C35H33ClFN3OS.C34H31ClFN3OS.C34H32FN3OS/c1-24-5-6-26(20-25(24)2)4-3-17-39-18-14-35(15-19-39)23-40(34(41)27-13-16-38-33(36)21-27)32-12-11-30(22-31(32)35)42-29-9-7-28(37)8-10-29;1-24-20-26(21-32(35)37-24)33(40)39-23-34(15-18-38(19-16-34)17-5-8-25-6-3-2-4-7-25)30-22-29(13-14-31(30)39)41-28-11-9-27(36)10-12-28;1-25-22-27(15-18-36-25)33(39)38-24-34(16-20-37(21-17-34)19-5-8-26-6-3-2-4-7-26)31-23-30(13-14-32(31)38)40-29-11-9-28(35)10-12-29/h3-13,16,20-22H,14-15,17-19,23H2,1-2H3;2-14,20-22H,15-19,23H2,1H3;2-15,18,22-23H,16-17,19-21,24H2,1H3/b4-3+;2*8-5+. The van der Waals surface area contributed by atoms with Crippen LogP contribution in [0.2, 0.25) is 10.3 Å². The Hall–Kier alpha value is -10.6. The van der Waals surface area contributed by atoms with Crippen LogP contribution in [0.15, 0.2) is 303 Å². The van der Waals surface area contributed by atoms with Crippen LogP contribution < -0.4 is 14.7 Å². The average Bonchev–Trinajstić information content (AvgIpc) is 1.60. The van der Waals surface area contributed by atoms with E-state index < -0.39 is 0 Å². The van der Waals surface area contributed by atoms with Crippen LogP contribution in [0.25, 0.3) is 18.2 Å². The van der Waals surface area contributed by atoms with Gasteiger partial charge in [-0.2, -0.15) is 0 Å². The topological polar surface area (TPSA) is 109 Å². The van der Waals surface area contributed by atoms with E-state index in [1.165, 1.54) is 80.9 Å². The molecule has 0 aliphatic carbocycles. The molecule has 9 heterocycles. The molecule has 18 rings (SSSR count). The molecule has 624 valence electrons. The fourth-order valence-corrected chi connectivity index (χ4v) is 20.8. The predicted octanol–water partition coefficient (Wildman–Crippen LogP) is 23.8. The molecule has 123 heavy (non-hydrogen) atoms. The third-order valence-electron chi connectivity index (χ3n) is 24.6. The molecule has 0 N–H and O–H groups in total. The summed E-state index contributed by atoms with van der Waals surface area (Å²) in [5, 5.41) is 0.633. The lowest BCUT2D eigenvalue weighted by atomic mass is 9.74. The van der Waals surface area contributed by atoms with Gasteiger partial charge in [0.25, 0.3) is 17.7 Å². The number of aromatic nitrogens is 3. The number of amides is 3. The van der Waals surface area contributed by atoms with Crippen LogP contribution in [-0.2, 0) is 16.2 Å². The number of benzene rings is 9. The highest BCUT2D eigenvalue weighted by Crippen LogP contribution is 2.53. The first kappa shape index (κ1) is 85.9. The number of likely N-dealkylation sites (tertiary alicyclic amines) is 3. The maximum Gasteiger partial charge on any atom is 0.258 e. The Morgan fingerprint density at radius 2 is 0.707 bits per heavy atom. The number of hydrogen-bond donors (Lipinski definition) is 0. The molecule has 3 aromatic heterocycles. The molecule has 9 aromatic carbocycles. The number of pyridine rings is 3. The summed E-state index contributed by atoms with van der Waals surface area (Å²) in [7, 11) is 0. The second-order valence-electron chi connectivity index (χ2n) is 32.9. The van der Waals surface area contributed by atoms with E-state index in [9.17, 15) is 27.6 Å². The Kier molecular flexibility index (Phi) is 27.0. The van der Waals surface area contributed by atoms with Gasteiger partial charge in [-0.3, -0.25) is 34.1 Å². The van der Waals surface area contributed by atoms with E-state index in [1.807, 2.05) is 58.9 Å². The Morgan fingerprint density at radius 1 is 0.358 bits per heavy atom. The van der Waals surface area contributed by atoms with E-state index in [2.05, 4.69) is 201 Å². The van der Waals surface area contributed by atoms with Crippen molar-refractivity contribution >= 4 is 111 Å². The summed E-state index contributed by atoms with van der Waals surface area (Å²) in [6, 6.07) is 76.8. The molecule has 0 atom stereocenters. The minimum absolute atomic E-state index is 0.0239. The van der Waals surface area contributed by atoms with Crippen LogP contribution in [0, 0.1) is 45.1 Å². The third kappa shape index (κ3) is 20.6. The van der Waals surface area contributed by atoms with E-state index in [-0.39, 0.29) is 51.4 Å². The van der Waals surface area contributed by atoms with Gasteiger partial charge in [0.15, 0.2) is 0 Å². The van der Waals surface area contributed by atoms with Crippen molar-refractivity contribution in [1.82, 2.24) is 29.7 Å². The molecule has 3 saturated heterocycles. The van der Waals surface area contributed by atoms with Crippen LogP contribution in [-0.4, -0.2) is 126 Å². The van der Waals surface area contributed by atoms with Gasteiger partial charge in [0.2, 0.25) is 0 Å². The second kappa shape index (κ2) is 38.6. The van der Waals surface area contributed by atoms with Gasteiger partial charge in [-0.25, -0.2) is 23.1 Å². The van der Waals surface area contributed by atoms with Crippen LogP contribution >= 0.6 is 58.5 Å². The summed E-state index contributed by atoms with van der Waals surface area (Å²) in [6.45, 7) is 18.5. The van der Waals surface area contributed by atoms with Crippen molar-refractivity contribution in [3.05, 3.63) is 374 Å². The third-order valence-corrected chi connectivity index (χ3v) is 28.0. The summed E-state index contributed by atoms with van der Waals surface area (Å²) in [4.78, 5) is 73.5. The molecule has 20 heteroatoms. The maximum absolute atomic E-state index is 13.9. The molecular weight excluding hydrogens is 1640 g/mol. The molecule has 0 unspecified atom stereocenters. The van der Waals surface area contributed by atoms with Crippen molar-refractivity contribution in [2.45, 2.75) is 112 Å². The zero-order chi connectivity index (χ0) is 85.2. The molecule has 12 aromatic rings. The first-order chi connectivity index (χ1) is 59.7. The van der Waals surface area contributed by atoms with E-state index in [0.717, 1.165) is 155 Å². The molecular formula is C103H96Cl2F3N9O3S3.